The van der Waals surface area contributed by atoms with Crippen molar-refractivity contribution in [1.82, 2.24) is 29.5 Å². The van der Waals surface area contributed by atoms with Crippen molar-refractivity contribution in [2.75, 3.05) is 37.9 Å². The Morgan fingerprint density at radius 3 is 2.65 bits per heavy atom. The van der Waals surface area contributed by atoms with Crippen LogP contribution in [-0.4, -0.2) is 62.6 Å². The highest BCUT2D eigenvalue weighted by molar-refractivity contribution is 6.06. The van der Waals surface area contributed by atoms with Gasteiger partial charge in [-0.1, -0.05) is 25.8 Å². The van der Waals surface area contributed by atoms with E-state index in [0.717, 1.165) is 47.2 Å². The van der Waals surface area contributed by atoms with Crippen molar-refractivity contribution >= 4 is 39.6 Å². The summed E-state index contributed by atoms with van der Waals surface area (Å²) in [5.41, 5.74) is 6.46. The zero-order valence-corrected chi connectivity index (χ0v) is 25.6. The number of aryl methyl sites for hydroxylation is 1. The second kappa shape index (κ2) is 14.8. The molecule has 0 unspecified atom stereocenters. The van der Waals surface area contributed by atoms with Gasteiger partial charge in [0.25, 0.3) is 5.91 Å². The van der Waals surface area contributed by atoms with E-state index in [0.29, 0.717) is 29.4 Å². The first kappa shape index (κ1) is 30.9. The number of hydrogen-bond acceptors (Lipinski definition) is 8. The van der Waals surface area contributed by atoms with Crippen molar-refractivity contribution in [3.8, 4) is 17.6 Å². The van der Waals surface area contributed by atoms with E-state index in [4.69, 9.17) is 4.74 Å². The van der Waals surface area contributed by atoms with E-state index in [1.54, 1.807) is 17.8 Å². The summed E-state index contributed by atoms with van der Waals surface area (Å²) >= 11 is 0. The number of anilines is 3. The minimum absolute atomic E-state index is 0.411. The van der Waals surface area contributed by atoms with E-state index >= 15 is 0 Å². The van der Waals surface area contributed by atoms with Crippen LogP contribution in [0.3, 0.4) is 0 Å². The summed E-state index contributed by atoms with van der Waals surface area (Å²) in [6.45, 7) is 9.11. The van der Waals surface area contributed by atoms with Crippen molar-refractivity contribution in [2.45, 2.75) is 40.5 Å². The van der Waals surface area contributed by atoms with Crippen LogP contribution in [0.5, 0.6) is 5.75 Å². The molecule has 0 saturated heterocycles. The number of nitrogens with one attached hydrogen (secondary N) is 2. The van der Waals surface area contributed by atoms with Crippen LogP contribution < -0.4 is 15.4 Å². The van der Waals surface area contributed by atoms with Crippen LogP contribution in [-0.2, 0) is 11.2 Å². The number of carbonyl (C=O) groups is 1. The molecule has 0 saturated carbocycles. The van der Waals surface area contributed by atoms with Crippen LogP contribution in [0.4, 0.5) is 17.2 Å². The highest BCUT2D eigenvalue weighted by Crippen LogP contribution is 2.34. The molecule has 0 aliphatic carbocycles. The minimum atomic E-state index is -0.411. The Hall–Kier alpha value is -5.01. The summed E-state index contributed by atoms with van der Waals surface area (Å²) in [5, 5.41) is 11.2. The third-order valence-electron chi connectivity index (χ3n) is 6.58. The number of benzene rings is 2. The number of pyridine rings is 1. The fourth-order valence-corrected chi connectivity index (χ4v) is 4.53. The normalized spacial score (nSPS) is 10.6. The SMILES string of the molecule is CC.CC#CC(=O)Nc1cc2c(Nc3ccc(Cc4ccn5ncnc5c4)c(C)c3)ncnc2cc1OCCCN(C)C. The third kappa shape index (κ3) is 8.05. The first-order valence-corrected chi connectivity index (χ1v) is 14.3. The van der Waals surface area contributed by atoms with Gasteiger partial charge in [0.15, 0.2) is 5.65 Å². The van der Waals surface area contributed by atoms with Gasteiger partial charge in [-0.15, -0.1) is 0 Å². The molecule has 43 heavy (non-hydrogen) atoms. The average molecular weight is 579 g/mol. The minimum Gasteiger partial charge on any atom is -0.491 e. The van der Waals surface area contributed by atoms with Crippen molar-refractivity contribution in [1.29, 1.82) is 0 Å². The smallest absolute Gasteiger partial charge is 0.300 e. The lowest BCUT2D eigenvalue weighted by Gasteiger charge is -2.16. The summed E-state index contributed by atoms with van der Waals surface area (Å²) in [5.74, 6) is 5.91. The average Bonchev–Trinajstić information content (AvgIpc) is 3.46. The lowest BCUT2D eigenvalue weighted by molar-refractivity contribution is -0.111. The van der Waals surface area contributed by atoms with Gasteiger partial charge in [-0.25, -0.2) is 19.5 Å². The molecule has 0 spiro atoms. The monoisotopic (exact) mass is 578 g/mol. The maximum Gasteiger partial charge on any atom is 0.300 e. The Morgan fingerprint density at radius 1 is 1.05 bits per heavy atom. The van der Waals surface area contributed by atoms with E-state index in [9.17, 15) is 4.79 Å². The quantitative estimate of drug-likeness (QED) is 0.162. The van der Waals surface area contributed by atoms with Gasteiger partial charge in [0.2, 0.25) is 0 Å². The molecule has 2 aromatic carbocycles. The number of aromatic nitrogens is 5. The van der Waals surface area contributed by atoms with Crippen LogP contribution in [0.15, 0.2) is 61.3 Å². The molecule has 10 heteroatoms. The summed E-state index contributed by atoms with van der Waals surface area (Å²) in [7, 11) is 4.04. The first-order valence-electron chi connectivity index (χ1n) is 14.3. The van der Waals surface area contributed by atoms with Gasteiger partial charge >= 0.3 is 0 Å². The third-order valence-corrected chi connectivity index (χ3v) is 6.58. The zero-order valence-electron chi connectivity index (χ0n) is 25.6. The van der Waals surface area contributed by atoms with Crippen LogP contribution in [0.2, 0.25) is 0 Å². The number of carbonyl (C=O) groups excluding carboxylic acids is 1. The van der Waals surface area contributed by atoms with Crippen LogP contribution >= 0.6 is 0 Å². The molecule has 1 amide bonds. The van der Waals surface area contributed by atoms with Gasteiger partial charge in [-0.2, -0.15) is 5.10 Å². The zero-order chi connectivity index (χ0) is 30.8. The van der Waals surface area contributed by atoms with Crippen LogP contribution in [0.1, 0.15) is 43.9 Å². The molecule has 3 heterocycles. The Morgan fingerprint density at radius 2 is 1.88 bits per heavy atom. The molecule has 0 atom stereocenters. The summed E-state index contributed by atoms with van der Waals surface area (Å²) in [6, 6.07) is 14.0. The first-order chi connectivity index (χ1) is 20.9. The molecule has 10 nitrogen and oxygen atoms in total. The maximum absolute atomic E-state index is 12.3. The van der Waals surface area contributed by atoms with E-state index in [2.05, 4.69) is 72.5 Å². The molecular formula is C33H38N8O2. The fourth-order valence-electron chi connectivity index (χ4n) is 4.53. The van der Waals surface area contributed by atoms with Crippen LogP contribution in [0, 0.1) is 18.8 Å². The molecule has 2 N–H and O–H groups in total. The summed E-state index contributed by atoms with van der Waals surface area (Å²) in [4.78, 5) is 27.7. The topological polar surface area (TPSA) is 110 Å². The number of rotatable bonds is 10. The van der Waals surface area contributed by atoms with E-state index < -0.39 is 5.91 Å². The Bertz CT molecular complexity index is 1770. The van der Waals surface area contributed by atoms with Gasteiger partial charge in [0.1, 0.15) is 24.2 Å². The summed E-state index contributed by atoms with van der Waals surface area (Å²) in [6.07, 6.45) is 6.62. The molecule has 222 valence electrons. The van der Waals surface area contributed by atoms with Gasteiger partial charge in [-0.3, -0.25) is 4.79 Å². The standard InChI is InChI=1S/C31H32N8O2.C2H6/c1-5-7-30(40)37-27-17-25-26(18-28(27)41-13-6-11-38(3)4)32-19-34-31(25)36-24-9-8-23(21(2)14-24)15-22-10-12-39-29(16-22)33-20-35-39;1-2/h8-10,12,14,16-20H,6,11,13,15H2,1-4H3,(H,37,40)(H,32,34,36);1-2H3. The molecule has 0 fully saturated rings. The number of amides is 1. The largest absolute Gasteiger partial charge is 0.491 e. The van der Waals surface area contributed by atoms with Crippen molar-refractivity contribution < 1.29 is 9.53 Å². The molecule has 0 aliphatic rings. The predicted molar refractivity (Wildman–Crippen MR) is 172 cm³/mol. The van der Waals surface area contributed by atoms with Crippen molar-refractivity contribution in [2.24, 2.45) is 0 Å². The molecule has 0 bridgehead atoms. The maximum atomic E-state index is 12.3. The molecule has 5 aromatic rings. The summed E-state index contributed by atoms with van der Waals surface area (Å²) < 4.78 is 7.80. The molecule has 0 aliphatic heterocycles. The van der Waals surface area contributed by atoms with Crippen molar-refractivity contribution in [3.05, 3.63) is 78.0 Å². The number of fused-ring (bicyclic) bond motifs is 2. The molecular weight excluding hydrogens is 540 g/mol. The van der Waals surface area contributed by atoms with Crippen molar-refractivity contribution in [3.63, 3.8) is 0 Å². The number of nitrogens with zero attached hydrogens (tertiary/aromatic N) is 6. The Kier molecular flexibility index (Phi) is 10.6. The van der Waals surface area contributed by atoms with E-state index in [-0.39, 0.29) is 0 Å². The van der Waals surface area contributed by atoms with Gasteiger partial charge in [-0.05, 0) is 93.7 Å². The van der Waals surface area contributed by atoms with Crippen LogP contribution in [0.25, 0.3) is 16.6 Å². The molecule has 5 rings (SSSR count). The van der Waals surface area contributed by atoms with E-state index in [1.165, 1.54) is 11.9 Å². The van der Waals surface area contributed by atoms with Gasteiger partial charge in [0.05, 0.1) is 17.8 Å². The number of ether oxygens (including phenoxy) is 1. The Balaban J connectivity index is 0.00000207. The van der Waals surface area contributed by atoms with E-state index in [1.807, 2.05) is 58.4 Å². The molecule has 3 aromatic heterocycles. The fraction of sp³-hybridized carbons (Fsp3) is 0.303. The Labute approximate surface area is 252 Å². The second-order valence-corrected chi connectivity index (χ2v) is 9.96. The highest BCUT2D eigenvalue weighted by Gasteiger charge is 2.14. The highest BCUT2D eigenvalue weighted by atomic mass is 16.5. The second-order valence-electron chi connectivity index (χ2n) is 9.96. The lowest BCUT2D eigenvalue weighted by Crippen LogP contribution is -2.16. The van der Waals surface area contributed by atoms with Gasteiger partial charge < -0.3 is 20.3 Å². The van der Waals surface area contributed by atoms with Gasteiger partial charge in [0, 0.05) is 29.9 Å². The lowest BCUT2D eigenvalue weighted by atomic mass is 10.0. The predicted octanol–water partition coefficient (Wildman–Crippen LogP) is 5.63. The molecule has 0 radical (unpaired) electrons. The number of hydrogen-bond donors (Lipinski definition) is 2.